The van der Waals surface area contributed by atoms with Gasteiger partial charge in [-0.05, 0) is 43.0 Å². The Kier molecular flexibility index (Phi) is 5.80. The van der Waals surface area contributed by atoms with E-state index in [2.05, 4.69) is 4.99 Å². The van der Waals surface area contributed by atoms with Crippen LogP contribution in [0, 0.1) is 6.92 Å². The molecule has 0 bridgehead atoms. The predicted octanol–water partition coefficient (Wildman–Crippen LogP) is 3.78. The van der Waals surface area contributed by atoms with Crippen molar-refractivity contribution in [1.29, 1.82) is 0 Å². The summed E-state index contributed by atoms with van der Waals surface area (Å²) in [6.07, 6.45) is 3.18. The molecule has 3 rings (SSSR count). The van der Waals surface area contributed by atoms with E-state index in [-0.39, 0.29) is 18.4 Å². The Bertz CT molecular complexity index is 1030. The minimum atomic E-state index is -0.361. The number of benzene rings is 1. The number of thiazole rings is 1. The molecule has 7 heteroatoms. The van der Waals surface area contributed by atoms with Crippen molar-refractivity contribution in [3.05, 3.63) is 57.0 Å². The summed E-state index contributed by atoms with van der Waals surface area (Å²) in [5.74, 6) is -0.710. The smallest absolute Gasteiger partial charge is 0.326 e. The highest BCUT2D eigenvalue weighted by atomic mass is 32.1. The van der Waals surface area contributed by atoms with E-state index in [1.807, 2.05) is 42.6 Å². The Morgan fingerprint density at radius 2 is 2.12 bits per heavy atom. The first-order valence-electron chi connectivity index (χ1n) is 8.13. The monoisotopic (exact) mass is 386 g/mol. The summed E-state index contributed by atoms with van der Waals surface area (Å²) in [6, 6.07) is 9.73. The quantitative estimate of drug-likeness (QED) is 0.495. The van der Waals surface area contributed by atoms with Crippen LogP contribution in [0.25, 0.3) is 16.3 Å². The summed E-state index contributed by atoms with van der Waals surface area (Å²) in [6.45, 7) is 4.08. The molecule has 3 aromatic rings. The zero-order chi connectivity index (χ0) is 18.5. The van der Waals surface area contributed by atoms with Crippen molar-refractivity contribution in [1.82, 2.24) is 4.57 Å². The van der Waals surface area contributed by atoms with E-state index in [0.717, 1.165) is 20.7 Å². The molecule has 0 unspecified atom stereocenters. The van der Waals surface area contributed by atoms with Gasteiger partial charge < -0.3 is 9.30 Å². The molecule has 0 saturated carbocycles. The molecular weight excluding hydrogens is 368 g/mol. The summed E-state index contributed by atoms with van der Waals surface area (Å²) in [5.41, 5.74) is 1.92. The number of ether oxygens (including phenoxy) is 1. The SMILES string of the molecule is CCOC(=O)Cn1c(=NC(=O)/C=C/c2cccs2)sc2cccc(C)c21. The van der Waals surface area contributed by atoms with Gasteiger partial charge in [-0.25, -0.2) is 0 Å². The Balaban J connectivity index is 2.02. The molecule has 1 amide bonds. The van der Waals surface area contributed by atoms with Crippen LogP contribution >= 0.6 is 22.7 Å². The molecule has 0 spiro atoms. The Morgan fingerprint density at radius 3 is 2.85 bits per heavy atom. The lowest BCUT2D eigenvalue weighted by Gasteiger charge is -2.06. The maximum Gasteiger partial charge on any atom is 0.326 e. The minimum absolute atomic E-state index is 0.0272. The maximum atomic E-state index is 12.3. The number of hydrogen-bond acceptors (Lipinski definition) is 5. The zero-order valence-electron chi connectivity index (χ0n) is 14.5. The van der Waals surface area contributed by atoms with Crippen LogP contribution in [0.2, 0.25) is 0 Å². The predicted molar refractivity (Wildman–Crippen MR) is 105 cm³/mol. The number of fused-ring (bicyclic) bond motifs is 1. The van der Waals surface area contributed by atoms with Crippen molar-refractivity contribution in [2.24, 2.45) is 4.99 Å². The van der Waals surface area contributed by atoms with Crippen LogP contribution in [-0.4, -0.2) is 23.1 Å². The molecule has 2 aromatic heterocycles. The molecule has 2 heterocycles. The molecule has 0 atom stereocenters. The Labute approximate surface area is 158 Å². The van der Waals surface area contributed by atoms with E-state index in [0.29, 0.717) is 11.4 Å². The summed E-state index contributed by atoms with van der Waals surface area (Å²) in [5, 5.41) is 1.95. The Hall–Kier alpha value is -2.51. The highest BCUT2D eigenvalue weighted by Gasteiger charge is 2.13. The fourth-order valence-electron chi connectivity index (χ4n) is 2.55. The van der Waals surface area contributed by atoms with Crippen LogP contribution in [0.15, 0.2) is 46.8 Å². The third-order valence-corrected chi connectivity index (χ3v) is 5.52. The van der Waals surface area contributed by atoms with Crippen LogP contribution in [0.3, 0.4) is 0 Å². The van der Waals surface area contributed by atoms with Gasteiger partial charge in [0.1, 0.15) is 6.54 Å². The Morgan fingerprint density at radius 1 is 1.27 bits per heavy atom. The second kappa shape index (κ2) is 8.25. The minimum Gasteiger partial charge on any atom is -0.465 e. The number of thiophene rings is 1. The van der Waals surface area contributed by atoms with Gasteiger partial charge in [-0.1, -0.05) is 29.5 Å². The first kappa shape index (κ1) is 18.3. The highest BCUT2D eigenvalue weighted by Crippen LogP contribution is 2.21. The van der Waals surface area contributed by atoms with Gasteiger partial charge in [0.15, 0.2) is 4.80 Å². The molecule has 1 aromatic carbocycles. The first-order chi connectivity index (χ1) is 12.6. The molecule has 26 heavy (non-hydrogen) atoms. The van der Waals surface area contributed by atoms with E-state index in [1.54, 1.807) is 28.9 Å². The lowest BCUT2D eigenvalue weighted by molar-refractivity contribution is -0.143. The maximum absolute atomic E-state index is 12.3. The summed E-state index contributed by atoms with van der Waals surface area (Å²) >= 11 is 2.94. The second-order valence-electron chi connectivity index (χ2n) is 5.50. The second-order valence-corrected chi connectivity index (χ2v) is 7.48. The van der Waals surface area contributed by atoms with Gasteiger partial charge in [-0.2, -0.15) is 4.99 Å². The van der Waals surface area contributed by atoms with Gasteiger partial charge >= 0.3 is 5.97 Å². The first-order valence-corrected chi connectivity index (χ1v) is 9.83. The number of hydrogen-bond donors (Lipinski definition) is 0. The van der Waals surface area contributed by atoms with Gasteiger partial charge in [0.25, 0.3) is 5.91 Å². The summed E-state index contributed by atoms with van der Waals surface area (Å²) in [7, 11) is 0. The number of aryl methyl sites for hydroxylation is 1. The largest absolute Gasteiger partial charge is 0.465 e. The van der Waals surface area contributed by atoms with Crippen molar-refractivity contribution in [2.45, 2.75) is 20.4 Å². The molecule has 0 radical (unpaired) electrons. The molecule has 0 saturated heterocycles. The molecule has 0 aliphatic carbocycles. The topological polar surface area (TPSA) is 60.7 Å². The third-order valence-electron chi connectivity index (χ3n) is 3.63. The van der Waals surface area contributed by atoms with Gasteiger partial charge in [-0.15, -0.1) is 11.3 Å². The van der Waals surface area contributed by atoms with Gasteiger partial charge in [0, 0.05) is 11.0 Å². The van der Waals surface area contributed by atoms with Gasteiger partial charge in [-0.3, -0.25) is 9.59 Å². The lowest BCUT2D eigenvalue weighted by atomic mass is 10.2. The van der Waals surface area contributed by atoms with E-state index in [1.165, 1.54) is 17.4 Å². The van der Waals surface area contributed by atoms with Crippen LogP contribution in [0.4, 0.5) is 0 Å². The number of amides is 1. The third kappa shape index (κ3) is 4.17. The molecule has 134 valence electrons. The van der Waals surface area contributed by atoms with E-state index >= 15 is 0 Å². The van der Waals surface area contributed by atoms with Crippen LogP contribution in [0.5, 0.6) is 0 Å². The lowest BCUT2D eigenvalue weighted by Crippen LogP contribution is -2.23. The molecule has 0 N–H and O–H groups in total. The van der Waals surface area contributed by atoms with E-state index in [4.69, 9.17) is 4.74 Å². The number of carbonyl (C=O) groups excluding carboxylic acids is 2. The van der Waals surface area contributed by atoms with E-state index in [9.17, 15) is 9.59 Å². The van der Waals surface area contributed by atoms with Crippen LogP contribution in [-0.2, 0) is 20.9 Å². The van der Waals surface area contributed by atoms with Gasteiger partial charge in [0.2, 0.25) is 0 Å². The van der Waals surface area contributed by atoms with E-state index < -0.39 is 0 Å². The summed E-state index contributed by atoms with van der Waals surface area (Å²) in [4.78, 5) is 29.9. The highest BCUT2D eigenvalue weighted by molar-refractivity contribution is 7.16. The number of esters is 1. The average Bonchev–Trinajstić information content (AvgIpc) is 3.22. The van der Waals surface area contributed by atoms with Crippen molar-refractivity contribution >= 4 is 50.8 Å². The van der Waals surface area contributed by atoms with Crippen molar-refractivity contribution in [3.8, 4) is 0 Å². The van der Waals surface area contributed by atoms with Crippen molar-refractivity contribution < 1.29 is 14.3 Å². The average molecular weight is 386 g/mol. The number of rotatable bonds is 5. The fraction of sp³-hybridized carbons (Fsp3) is 0.211. The standard InChI is InChI=1S/C19H18N2O3S2/c1-3-24-17(23)12-21-18-13(2)6-4-8-15(18)26-19(21)20-16(22)10-9-14-7-5-11-25-14/h4-11H,3,12H2,1-2H3/b10-9+,20-19?. The molecular formula is C19H18N2O3S2. The van der Waals surface area contributed by atoms with Crippen LogP contribution in [0.1, 0.15) is 17.4 Å². The molecule has 0 fully saturated rings. The van der Waals surface area contributed by atoms with Crippen molar-refractivity contribution in [3.63, 3.8) is 0 Å². The van der Waals surface area contributed by atoms with Gasteiger partial charge in [0.05, 0.1) is 16.8 Å². The molecule has 5 nitrogen and oxygen atoms in total. The number of nitrogens with zero attached hydrogens (tertiary/aromatic N) is 2. The normalized spacial score (nSPS) is 12.2. The number of carbonyl (C=O) groups is 2. The van der Waals surface area contributed by atoms with Crippen LogP contribution < -0.4 is 4.80 Å². The number of para-hydroxylation sites is 1. The zero-order valence-corrected chi connectivity index (χ0v) is 16.1. The summed E-state index contributed by atoms with van der Waals surface area (Å²) < 4.78 is 7.80. The fourth-order valence-corrected chi connectivity index (χ4v) is 4.28. The van der Waals surface area contributed by atoms with Crippen molar-refractivity contribution in [2.75, 3.05) is 6.61 Å². The molecule has 0 aliphatic rings. The molecule has 0 aliphatic heterocycles. The number of aromatic nitrogens is 1.